The van der Waals surface area contributed by atoms with Gasteiger partial charge in [0.1, 0.15) is 0 Å². The van der Waals surface area contributed by atoms with Crippen LogP contribution in [0.15, 0.2) is 46.1 Å². The van der Waals surface area contributed by atoms with Crippen molar-refractivity contribution in [1.82, 2.24) is 4.98 Å². The average molecular weight is 408 g/mol. The van der Waals surface area contributed by atoms with E-state index in [1.807, 2.05) is 6.07 Å². The van der Waals surface area contributed by atoms with E-state index in [1.165, 1.54) is 6.07 Å². The lowest BCUT2D eigenvalue weighted by Gasteiger charge is -2.21. The van der Waals surface area contributed by atoms with Crippen LogP contribution in [0.3, 0.4) is 0 Å². The number of allylic oxidation sites excluding steroid dienone is 1. The van der Waals surface area contributed by atoms with Gasteiger partial charge in [-0.1, -0.05) is 29.8 Å². The summed E-state index contributed by atoms with van der Waals surface area (Å²) in [5.41, 5.74) is 2.76. The molecule has 0 radical (unpaired) electrons. The molecular formula is C20H22ClNO4S. The Morgan fingerprint density at radius 3 is 2.52 bits per heavy atom. The van der Waals surface area contributed by atoms with Gasteiger partial charge in [-0.15, -0.1) is 0 Å². The number of rotatable bonds is 4. The second-order valence-electron chi connectivity index (χ2n) is 6.83. The molecule has 27 heavy (non-hydrogen) atoms. The first-order valence-corrected chi connectivity index (χ1v) is 11.0. The van der Waals surface area contributed by atoms with Gasteiger partial charge in [0.25, 0.3) is 5.56 Å². The quantitative estimate of drug-likeness (QED) is 0.840. The number of hydrogen-bond acceptors (Lipinski definition) is 4. The van der Waals surface area contributed by atoms with E-state index in [4.69, 9.17) is 16.3 Å². The Kier molecular flexibility index (Phi) is 5.89. The number of aromatic nitrogens is 1. The number of pyridine rings is 1. The predicted octanol–water partition coefficient (Wildman–Crippen LogP) is 3.60. The van der Waals surface area contributed by atoms with Crippen molar-refractivity contribution in [2.75, 3.05) is 19.5 Å². The number of ether oxygens (including phenoxy) is 1. The zero-order valence-corrected chi connectivity index (χ0v) is 16.9. The molecule has 0 atom stereocenters. The molecule has 7 heteroatoms. The fourth-order valence-electron chi connectivity index (χ4n) is 3.13. The van der Waals surface area contributed by atoms with Crippen LogP contribution in [-0.2, 0) is 14.6 Å². The van der Waals surface area contributed by atoms with Gasteiger partial charge in [0.05, 0.1) is 9.92 Å². The lowest BCUT2D eigenvalue weighted by atomic mass is 9.92. The van der Waals surface area contributed by atoms with Gasteiger partial charge < -0.3 is 9.72 Å². The summed E-state index contributed by atoms with van der Waals surface area (Å²) in [5, 5.41) is 0.169. The summed E-state index contributed by atoms with van der Waals surface area (Å²) in [7, 11) is -3.41. The molecule has 0 saturated carbocycles. The summed E-state index contributed by atoms with van der Waals surface area (Å²) in [6.07, 6.45) is 5.04. The van der Waals surface area contributed by atoms with Gasteiger partial charge in [-0.3, -0.25) is 4.79 Å². The number of aromatic amines is 1. The zero-order valence-electron chi connectivity index (χ0n) is 15.3. The highest BCUT2D eigenvalue weighted by molar-refractivity contribution is 7.90. The normalized spacial score (nSPS) is 16.5. The fraction of sp³-hybridized carbons (Fsp3) is 0.350. The van der Waals surface area contributed by atoms with Crippen molar-refractivity contribution < 1.29 is 13.2 Å². The van der Waals surface area contributed by atoms with Crippen LogP contribution in [0.5, 0.6) is 0 Å². The third-order valence-corrected chi connectivity index (χ3v) is 6.29. The van der Waals surface area contributed by atoms with Crippen LogP contribution >= 0.6 is 11.6 Å². The lowest BCUT2D eigenvalue weighted by molar-refractivity contribution is 0.0786. The van der Waals surface area contributed by atoms with Crippen molar-refractivity contribution in [3.63, 3.8) is 0 Å². The Hall–Kier alpha value is -1.89. The molecule has 5 nitrogen and oxygen atoms in total. The summed E-state index contributed by atoms with van der Waals surface area (Å²) in [4.78, 5) is 15.1. The molecule has 3 rings (SSSR count). The Bertz CT molecular complexity index is 1030. The smallest absolute Gasteiger partial charge is 0.251 e. The van der Waals surface area contributed by atoms with E-state index in [-0.39, 0.29) is 15.5 Å². The Morgan fingerprint density at radius 2 is 1.93 bits per heavy atom. The van der Waals surface area contributed by atoms with E-state index in [1.54, 1.807) is 25.1 Å². The van der Waals surface area contributed by atoms with Crippen molar-refractivity contribution >= 4 is 27.0 Å². The van der Waals surface area contributed by atoms with Gasteiger partial charge >= 0.3 is 0 Å². The van der Waals surface area contributed by atoms with Crippen LogP contribution in [-0.4, -0.2) is 32.9 Å². The van der Waals surface area contributed by atoms with E-state index < -0.39 is 9.84 Å². The molecule has 144 valence electrons. The summed E-state index contributed by atoms with van der Waals surface area (Å²) >= 11 is 6.25. The van der Waals surface area contributed by atoms with Gasteiger partial charge in [-0.05, 0) is 49.4 Å². The molecule has 2 aromatic rings. The topological polar surface area (TPSA) is 76.2 Å². The molecule has 1 aliphatic rings. The number of benzene rings is 1. The minimum atomic E-state index is -3.41. The van der Waals surface area contributed by atoms with Crippen LogP contribution in [0, 0.1) is 12.8 Å². The largest absolute Gasteiger partial charge is 0.381 e. The summed E-state index contributed by atoms with van der Waals surface area (Å²) < 4.78 is 29.1. The number of aryl methyl sites for hydroxylation is 1. The highest BCUT2D eigenvalue weighted by Gasteiger charge is 2.18. The van der Waals surface area contributed by atoms with Crippen LogP contribution < -0.4 is 5.56 Å². The number of H-pyrrole nitrogens is 1. The van der Waals surface area contributed by atoms with Crippen LogP contribution in [0.1, 0.15) is 29.7 Å². The van der Waals surface area contributed by atoms with Crippen LogP contribution in [0.2, 0.25) is 5.02 Å². The van der Waals surface area contributed by atoms with E-state index in [0.717, 1.165) is 30.2 Å². The summed E-state index contributed by atoms with van der Waals surface area (Å²) in [6, 6.07) is 8.52. The van der Waals surface area contributed by atoms with Crippen molar-refractivity contribution in [3.8, 4) is 0 Å². The molecule has 0 unspecified atom stereocenters. The zero-order chi connectivity index (χ0) is 19.6. The lowest BCUT2D eigenvalue weighted by Crippen LogP contribution is -2.15. The van der Waals surface area contributed by atoms with Gasteiger partial charge in [0.15, 0.2) is 9.84 Å². The minimum Gasteiger partial charge on any atom is -0.381 e. The van der Waals surface area contributed by atoms with Crippen LogP contribution in [0.4, 0.5) is 0 Å². The summed E-state index contributed by atoms with van der Waals surface area (Å²) in [6.45, 7) is 3.15. The van der Waals surface area contributed by atoms with Crippen molar-refractivity contribution in [2.24, 2.45) is 5.92 Å². The fourth-order valence-corrected chi connectivity index (χ4v) is 4.46. The third-order valence-electron chi connectivity index (χ3n) is 4.71. The molecule has 0 amide bonds. The van der Waals surface area contributed by atoms with Crippen molar-refractivity contribution in [3.05, 3.63) is 68.6 Å². The van der Waals surface area contributed by atoms with E-state index >= 15 is 0 Å². The Balaban J connectivity index is 2.12. The number of nitrogens with one attached hydrogen (secondary N) is 1. The Morgan fingerprint density at radius 1 is 1.22 bits per heavy atom. The average Bonchev–Trinajstić information content (AvgIpc) is 2.62. The van der Waals surface area contributed by atoms with Gasteiger partial charge in [0.2, 0.25) is 0 Å². The highest BCUT2D eigenvalue weighted by Crippen LogP contribution is 2.31. The van der Waals surface area contributed by atoms with Crippen molar-refractivity contribution in [1.29, 1.82) is 0 Å². The maximum Gasteiger partial charge on any atom is 0.251 e. The molecule has 0 spiro atoms. The molecule has 2 heterocycles. The monoisotopic (exact) mass is 407 g/mol. The van der Waals surface area contributed by atoms with Crippen molar-refractivity contribution in [2.45, 2.75) is 24.7 Å². The standard InChI is InChI=1S/C20H22ClNO4S/c1-13-3-5-18(22-20(13)23)16(11-14-7-9-26-10-8-14)15-4-6-19(17(21)12-15)27(2,24)25/h3-6,11-12,14H,7-10H2,1-2H3,(H,22,23)/b16-11+. The molecule has 1 fully saturated rings. The second kappa shape index (κ2) is 8.00. The minimum absolute atomic E-state index is 0.0933. The maximum atomic E-state index is 12.1. The first-order valence-electron chi connectivity index (χ1n) is 8.75. The number of halogens is 1. The predicted molar refractivity (Wildman–Crippen MR) is 107 cm³/mol. The first kappa shape index (κ1) is 19.9. The Labute approximate surface area is 164 Å². The molecule has 0 bridgehead atoms. The van der Waals surface area contributed by atoms with Gasteiger partial charge in [0, 0.05) is 36.3 Å². The second-order valence-corrected chi connectivity index (χ2v) is 9.22. The third kappa shape index (κ3) is 4.69. The maximum absolute atomic E-state index is 12.1. The first-order chi connectivity index (χ1) is 12.8. The molecular weight excluding hydrogens is 386 g/mol. The van der Waals surface area contributed by atoms with E-state index in [9.17, 15) is 13.2 Å². The van der Waals surface area contributed by atoms with Gasteiger partial charge in [-0.2, -0.15) is 0 Å². The number of hydrogen-bond donors (Lipinski definition) is 1. The number of sulfone groups is 1. The molecule has 1 aromatic carbocycles. The molecule has 1 saturated heterocycles. The summed E-state index contributed by atoms with van der Waals surface area (Å²) in [5.74, 6) is 0.312. The molecule has 1 N–H and O–H groups in total. The van der Waals surface area contributed by atoms with Crippen LogP contribution in [0.25, 0.3) is 5.57 Å². The highest BCUT2D eigenvalue weighted by atomic mass is 35.5. The van der Waals surface area contributed by atoms with E-state index in [2.05, 4.69) is 11.1 Å². The molecule has 1 aromatic heterocycles. The SMILES string of the molecule is Cc1ccc(/C(=C/C2CCOCC2)c2ccc(S(C)(=O)=O)c(Cl)c2)[nH]c1=O. The molecule has 1 aliphatic heterocycles. The van der Waals surface area contributed by atoms with Gasteiger partial charge in [-0.25, -0.2) is 8.42 Å². The molecule has 0 aliphatic carbocycles. The van der Waals surface area contributed by atoms with E-state index in [0.29, 0.717) is 30.4 Å².